The molecule has 0 fully saturated rings. The molecule has 2 N–H and O–H groups in total. The lowest BCUT2D eigenvalue weighted by Gasteiger charge is -2.08. The summed E-state index contributed by atoms with van der Waals surface area (Å²) in [7, 11) is 0. The predicted molar refractivity (Wildman–Crippen MR) is 84.9 cm³/mol. The van der Waals surface area contributed by atoms with Crippen molar-refractivity contribution in [1.29, 1.82) is 0 Å². The molecular formula is C17H16F2N2O3. The van der Waals surface area contributed by atoms with E-state index in [1.807, 2.05) is 6.92 Å². The second-order valence-electron chi connectivity index (χ2n) is 4.82. The molecule has 2 rings (SSSR count). The third-order valence-corrected chi connectivity index (χ3v) is 3.04. The van der Waals surface area contributed by atoms with Crippen molar-refractivity contribution in [2.75, 3.05) is 18.5 Å². The van der Waals surface area contributed by atoms with Gasteiger partial charge in [0.05, 0.1) is 13.2 Å². The lowest BCUT2D eigenvalue weighted by Crippen LogP contribution is -2.32. The average molecular weight is 334 g/mol. The largest absolute Gasteiger partial charge is 0.494 e. The van der Waals surface area contributed by atoms with Crippen molar-refractivity contribution in [3.05, 3.63) is 59.7 Å². The fraction of sp³-hybridized carbons (Fsp3) is 0.176. The maximum Gasteiger partial charge on any atom is 0.251 e. The van der Waals surface area contributed by atoms with Crippen LogP contribution in [0.15, 0.2) is 42.5 Å². The number of nitrogens with one attached hydrogen (secondary N) is 2. The van der Waals surface area contributed by atoms with Crippen molar-refractivity contribution in [3.8, 4) is 5.75 Å². The number of amides is 2. The van der Waals surface area contributed by atoms with Gasteiger partial charge in [0, 0.05) is 11.3 Å². The highest BCUT2D eigenvalue weighted by atomic mass is 19.2. The van der Waals surface area contributed by atoms with Gasteiger partial charge in [-0.3, -0.25) is 9.59 Å². The summed E-state index contributed by atoms with van der Waals surface area (Å²) >= 11 is 0. The fourth-order valence-corrected chi connectivity index (χ4v) is 1.91. The molecule has 2 amide bonds. The van der Waals surface area contributed by atoms with Gasteiger partial charge in [0.1, 0.15) is 5.75 Å². The second-order valence-corrected chi connectivity index (χ2v) is 4.82. The Morgan fingerprint density at radius 2 is 1.75 bits per heavy atom. The van der Waals surface area contributed by atoms with Gasteiger partial charge in [0.25, 0.3) is 5.91 Å². The molecule has 0 radical (unpaired) electrons. The minimum absolute atomic E-state index is 0.0669. The summed E-state index contributed by atoms with van der Waals surface area (Å²) < 4.78 is 31.2. The number of ether oxygens (including phenoxy) is 1. The lowest BCUT2D eigenvalue weighted by atomic mass is 10.2. The average Bonchev–Trinajstić information content (AvgIpc) is 2.57. The van der Waals surface area contributed by atoms with Crippen LogP contribution in [0.1, 0.15) is 17.3 Å². The van der Waals surface area contributed by atoms with Crippen LogP contribution in [0.2, 0.25) is 0 Å². The summed E-state index contributed by atoms with van der Waals surface area (Å²) in [4.78, 5) is 23.6. The lowest BCUT2D eigenvalue weighted by molar-refractivity contribution is -0.115. The SMILES string of the molecule is CCOc1ccc(NC(=O)CNC(=O)c2ccc(F)c(F)c2)cc1. The Bertz CT molecular complexity index is 733. The molecule has 0 bridgehead atoms. The first-order valence-electron chi connectivity index (χ1n) is 7.25. The van der Waals surface area contributed by atoms with Crippen LogP contribution in [0, 0.1) is 11.6 Å². The van der Waals surface area contributed by atoms with Gasteiger partial charge in [-0.1, -0.05) is 0 Å². The van der Waals surface area contributed by atoms with Gasteiger partial charge in [0.15, 0.2) is 11.6 Å². The summed E-state index contributed by atoms with van der Waals surface area (Å²) in [5.74, 6) is -2.60. The first kappa shape index (κ1) is 17.4. The van der Waals surface area contributed by atoms with E-state index in [4.69, 9.17) is 4.74 Å². The summed E-state index contributed by atoms with van der Waals surface area (Å²) in [6, 6.07) is 9.51. The molecule has 0 atom stereocenters. The van der Waals surface area contributed by atoms with E-state index in [-0.39, 0.29) is 12.1 Å². The quantitative estimate of drug-likeness (QED) is 0.853. The van der Waals surface area contributed by atoms with Crippen LogP contribution in [0.3, 0.4) is 0 Å². The maximum atomic E-state index is 13.1. The van der Waals surface area contributed by atoms with E-state index in [1.54, 1.807) is 24.3 Å². The number of benzene rings is 2. The van der Waals surface area contributed by atoms with Crippen molar-refractivity contribution < 1.29 is 23.1 Å². The Kier molecular flexibility index (Phi) is 5.83. The minimum atomic E-state index is -1.12. The van der Waals surface area contributed by atoms with Crippen molar-refractivity contribution in [1.82, 2.24) is 5.32 Å². The van der Waals surface area contributed by atoms with Crippen LogP contribution < -0.4 is 15.4 Å². The zero-order chi connectivity index (χ0) is 17.5. The minimum Gasteiger partial charge on any atom is -0.494 e. The maximum absolute atomic E-state index is 13.1. The van der Waals surface area contributed by atoms with E-state index in [0.717, 1.165) is 18.2 Å². The monoisotopic (exact) mass is 334 g/mol. The fourth-order valence-electron chi connectivity index (χ4n) is 1.91. The number of hydrogen-bond donors (Lipinski definition) is 2. The molecule has 126 valence electrons. The van der Waals surface area contributed by atoms with Crippen LogP contribution in [-0.4, -0.2) is 25.0 Å². The molecule has 0 unspecified atom stereocenters. The molecule has 2 aromatic carbocycles. The highest BCUT2D eigenvalue weighted by Crippen LogP contribution is 2.15. The van der Waals surface area contributed by atoms with Crippen molar-refractivity contribution in [2.24, 2.45) is 0 Å². The summed E-state index contributed by atoms with van der Waals surface area (Å²) in [6.45, 7) is 2.11. The van der Waals surface area contributed by atoms with Gasteiger partial charge in [-0.05, 0) is 49.4 Å². The molecule has 7 heteroatoms. The Morgan fingerprint density at radius 1 is 1.04 bits per heavy atom. The van der Waals surface area contributed by atoms with Crippen molar-refractivity contribution >= 4 is 17.5 Å². The third-order valence-electron chi connectivity index (χ3n) is 3.04. The Morgan fingerprint density at radius 3 is 2.38 bits per heavy atom. The Balaban J connectivity index is 1.86. The van der Waals surface area contributed by atoms with Crippen LogP contribution in [0.25, 0.3) is 0 Å². The van der Waals surface area contributed by atoms with E-state index < -0.39 is 23.4 Å². The standard InChI is InChI=1S/C17H16F2N2O3/c1-2-24-13-6-4-12(5-7-13)21-16(22)10-20-17(23)11-3-8-14(18)15(19)9-11/h3-9H,2,10H2,1H3,(H,20,23)(H,21,22). The molecule has 0 heterocycles. The molecule has 0 aromatic heterocycles. The number of hydrogen-bond acceptors (Lipinski definition) is 3. The van der Waals surface area contributed by atoms with E-state index in [1.165, 1.54) is 0 Å². The molecule has 5 nitrogen and oxygen atoms in total. The number of halogens is 2. The summed E-state index contributed by atoms with van der Waals surface area (Å²) in [5, 5.41) is 4.93. The van der Waals surface area contributed by atoms with Crippen LogP contribution in [0.5, 0.6) is 5.75 Å². The first-order valence-corrected chi connectivity index (χ1v) is 7.25. The first-order chi connectivity index (χ1) is 11.5. The molecule has 0 aliphatic carbocycles. The van der Waals surface area contributed by atoms with Crippen LogP contribution >= 0.6 is 0 Å². The van der Waals surface area contributed by atoms with Crippen LogP contribution in [-0.2, 0) is 4.79 Å². The van der Waals surface area contributed by atoms with Gasteiger partial charge in [0.2, 0.25) is 5.91 Å². The molecule has 0 saturated heterocycles. The molecule has 0 saturated carbocycles. The molecule has 2 aromatic rings. The Hall–Kier alpha value is -2.96. The Labute approximate surface area is 137 Å². The second kappa shape index (κ2) is 8.05. The highest BCUT2D eigenvalue weighted by Gasteiger charge is 2.11. The van der Waals surface area contributed by atoms with E-state index in [9.17, 15) is 18.4 Å². The zero-order valence-corrected chi connectivity index (χ0v) is 12.9. The molecule has 0 spiro atoms. The summed E-state index contributed by atoms with van der Waals surface area (Å²) in [5.41, 5.74) is 0.480. The molecule has 0 aliphatic heterocycles. The highest BCUT2D eigenvalue weighted by molar-refractivity contribution is 5.99. The number of anilines is 1. The van der Waals surface area contributed by atoms with Gasteiger partial charge in [-0.15, -0.1) is 0 Å². The van der Waals surface area contributed by atoms with Gasteiger partial charge in [-0.2, -0.15) is 0 Å². The molecule has 0 aliphatic rings. The van der Waals surface area contributed by atoms with Gasteiger partial charge >= 0.3 is 0 Å². The van der Waals surface area contributed by atoms with Crippen molar-refractivity contribution in [2.45, 2.75) is 6.92 Å². The van der Waals surface area contributed by atoms with E-state index >= 15 is 0 Å². The normalized spacial score (nSPS) is 10.1. The topological polar surface area (TPSA) is 67.4 Å². The van der Waals surface area contributed by atoms with Crippen LogP contribution in [0.4, 0.5) is 14.5 Å². The summed E-state index contributed by atoms with van der Waals surface area (Å²) in [6.07, 6.45) is 0. The van der Waals surface area contributed by atoms with Gasteiger partial charge in [-0.25, -0.2) is 8.78 Å². The zero-order valence-electron chi connectivity index (χ0n) is 12.9. The smallest absolute Gasteiger partial charge is 0.251 e. The molecule has 24 heavy (non-hydrogen) atoms. The molecular weight excluding hydrogens is 318 g/mol. The predicted octanol–water partition coefficient (Wildman–Crippen LogP) is 2.73. The third kappa shape index (κ3) is 4.77. The van der Waals surface area contributed by atoms with Crippen molar-refractivity contribution in [3.63, 3.8) is 0 Å². The van der Waals surface area contributed by atoms with E-state index in [0.29, 0.717) is 18.0 Å². The van der Waals surface area contributed by atoms with Gasteiger partial charge < -0.3 is 15.4 Å². The number of carbonyl (C=O) groups is 2. The van der Waals surface area contributed by atoms with E-state index in [2.05, 4.69) is 10.6 Å². The number of carbonyl (C=O) groups excluding carboxylic acids is 2. The number of rotatable bonds is 6.